The molecule has 0 unspecified atom stereocenters. The summed E-state index contributed by atoms with van der Waals surface area (Å²) in [6, 6.07) is 4.52. The van der Waals surface area contributed by atoms with Gasteiger partial charge in [0, 0.05) is 11.8 Å². The zero-order valence-corrected chi connectivity index (χ0v) is 11.9. The van der Waals surface area contributed by atoms with Gasteiger partial charge in [0.2, 0.25) is 5.91 Å². The average Bonchev–Trinajstić information content (AvgIpc) is 3.27. The minimum atomic E-state index is -1.34. The number of amides is 2. The molecule has 0 heterocycles. The van der Waals surface area contributed by atoms with Gasteiger partial charge in [0.05, 0.1) is 7.11 Å². The van der Waals surface area contributed by atoms with Crippen LogP contribution < -0.4 is 20.5 Å². The Morgan fingerprint density at radius 2 is 2.00 bits per heavy atom. The van der Waals surface area contributed by atoms with Gasteiger partial charge >= 0.3 is 5.97 Å². The number of hydrogen-bond donors (Lipinski definition) is 3. The lowest BCUT2D eigenvalue weighted by Gasteiger charge is -2.14. The van der Waals surface area contributed by atoms with E-state index >= 15 is 0 Å². The minimum absolute atomic E-state index is 0.222. The molecule has 0 saturated heterocycles. The Kier molecular flexibility index (Phi) is 4.20. The molecule has 1 aromatic carbocycles. The van der Waals surface area contributed by atoms with E-state index in [1.165, 1.54) is 19.2 Å². The second-order valence-electron chi connectivity index (χ2n) is 4.96. The first-order valence-corrected chi connectivity index (χ1v) is 6.53. The second-order valence-corrected chi connectivity index (χ2v) is 4.96. The Morgan fingerprint density at radius 1 is 1.32 bits per heavy atom. The van der Waals surface area contributed by atoms with E-state index in [1.807, 2.05) is 0 Å². The normalized spacial score (nSPS) is 14.8. The fraction of sp³-hybridized carbons (Fsp3) is 0.357. The summed E-state index contributed by atoms with van der Waals surface area (Å²) in [6.45, 7) is -0.340. The van der Waals surface area contributed by atoms with Crippen LogP contribution in [0.1, 0.15) is 12.8 Å². The van der Waals surface area contributed by atoms with Crippen molar-refractivity contribution in [1.82, 2.24) is 0 Å². The summed E-state index contributed by atoms with van der Waals surface area (Å²) >= 11 is 0. The number of carbonyl (C=O) groups is 3. The van der Waals surface area contributed by atoms with E-state index in [1.54, 1.807) is 6.07 Å². The Balaban J connectivity index is 2.14. The van der Waals surface area contributed by atoms with Crippen molar-refractivity contribution in [3.05, 3.63) is 18.2 Å². The van der Waals surface area contributed by atoms with Crippen LogP contribution in [0.4, 0.5) is 5.69 Å². The molecule has 1 aromatic rings. The summed E-state index contributed by atoms with van der Waals surface area (Å²) in [4.78, 5) is 33.9. The minimum Gasteiger partial charge on any atom is -0.493 e. The molecule has 22 heavy (non-hydrogen) atoms. The lowest BCUT2D eigenvalue weighted by Crippen LogP contribution is -2.31. The molecule has 0 atom stereocenters. The fourth-order valence-corrected chi connectivity index (χ4v) is 1.93. The highest BCUT2D eigenvalue weighted by Gasteiger charge is 2.57. The number of anilines is 1. The molecule has 1 fully saturated rings. The predicted molar refractivity (Wildman–Crippen MR) is 75.6 cm³/mol. The maximum absolute atomic E-state index is 12.0. The monoisotopic (exact) mass is 308 g/mol. The van der Waals surface area contributed by atoms with E-state index in [0.717, 1.165) is 0 Å². The van der Waals surface area contributed by atoms with E-state index in [2.05, 4.69) is 5.32 Å². The van der Waals surface area contributed by atoms with Crippen LogP contribution in [0, 0.1) is 5.41 Å². The van der Waals surface area contributed by atoms with Gasteiger partial charge in [-0.3, -0.25) is 14.4 Å². The molecule has 1 aliphatic carbocycles. The maximum Gasteiger partial charge on any atom is 0.319 e. The van der Waals surface area contributed by atoms with E-state index < -0.39 is 23.2 Å². The van der Waals surface area contributed by atoms with Crippen molar-refractivity contribution < 1.29 is 29.0 Å². The molecule has 1 aliphatic rings. The molecular formula is C14H16N2O6. The molecule has 2 amide bonds. The lowest BCUT2D eigenvalue weighted by molar-refractivity contribution is -0.147. The summed E-state index contributed by atoms with van der Waals surface area (Å²) in [5, 5.41) is 11.6. The molecule has 8 heteroatoms. The van der Waals surface area contributed by atoms with Crippen LogP contribution >= 0.6 is 0 Å². The standard InChI is InChI=1S/C14H16N2O6/c1-21-9-3-2-8(6-10(9)22-7-11(15)17)16-12(18)14(4-5-14)13(19)20/h2-3,6H,4-5,7H2,1H3,(H2,15,17)(H,16,18)(H,19,20). The van der Waals surface area contributed by atoms with Gasteiger partial charge in [0.1, 0.15) is 5.41 Å². The highest BCUT2D eigenvalue weighted by atomic mass is 16.5. The van der Waals surface area contributed by atoms with Crippen molar-refractivity contribution in [3.63, 3.8) is 0 Å². The van der Waals surface area contributed by atoms with E-state index in [9.17, 15) is 14.4 Å². The number of carboxylic acids is 1. The number of rotatable bonds is 7. The summed E-state index contributed by atoms with van der Waals surface area (Å²) in [7, 11) is 1.42. The number of ether oxygens (including phenoxy) is 2. The number of primary amides is 1. The molecule has 0 aliphatic heterocycles. The van der Waals surface area contributed by atoms with Gasteiger partial charge < -0.3 is 25.6 Å². The van der Waals surface area contributed by atoms with Crippen LogP contribution in [-0.4, -0.2) is 36.6 Å². The number of nitrogens with one attached hydrogen (secondary N) is 1. The highest BCUT2D eigenvalue weighted by molar-refractivity contribution is 6.10. The van der Waals surface area contributed by atoms with Crippen LogP contribution in [0.15, 0.2) is 18.2 Å². The molecule has 0 aromatic heterocycles. The van der Waals surface area contributed by atoms with E-state index in [-0.39, 0.29) is 12.4 Å². The first kappa shape index (κ1) is 15.6. The topological polar surface area (TPSA) is 128 Å². The summed E-state index contributed by atoms with van der Waals surface area (Å²) < 4.78 is 10.3. The van der Waals surface area contributed by atoms with Gasteiger partial charge in [-0.25, -0.2) is 0 Å². The smallest absolute Gasteiger partial charge is 0.319 e. The van der Waals surface area contributed by atoms with Gasteiger partial charge in [-0.05, 0) is 25.0 Å². The molecule has 0 radical (unpaired) electrons. The van der Waals surface area contributed by atoms with Crippen LogP contribution in [0.3, 0.4) is 0 Å². The molecule has 8 nitrogen and oxygen atoms in total. The van der Waals surface area contributed by atoms with Crippen LogP contribution in [0.5, 0.6) is 11.5 Å². The Bertz CT molecular complexity index is 624. The molecule has 118 valence electrons. The molecular weight excluding hydrogens is 292 g/mol. The van der Waals surface area contributed by atoms with Crippen molar-refractivity contribution in [1.29, 1.82) is 0 Å². The van der Waals surface area contributed by atoms with E-state index in [0.29, 0.717) is 24.3 Å². The van der Waals surface area contributed by atoms with Gasteiger partial charge in [0.25, 0.3) is 5.91 Å². The molecule has 1 saturated carbocycles. The van der Waals surface area contributed by atoms with E-state index in [4.69, 9.17) is 20.3 Å². The molecule has 4 N–H and O–H groups in total. The van der Waals surface area contributed by atoms with Crippen molar-refractivity contribution in [2.24, 2.45) is 11.1 Å². The first-order chi connectivity index (χ1) is 10.4. The third-order valence-corrected chi connectivity index (χ3v) is 3.39. The number of methoxy groups -OCH3 is 1. The van der Waals surface area contributed by atoms with Gasteiger partial charge in [0.15, 0.2) is 18.1 Å². The number of hydrogen-bond acceptors (Lipinski definition) is 5. The number of nitrogens with two attached hydrogens (primary N) is 1. The van der Waals surface area contributed by atoms with Crippen LogP contribution in [0.2, 0.25) is 0 Å². The number of benzene rings is 1. The van der Waals surface area contributed by atoms with Crippen molar-refractivity contribution >= 4 is 23.5 Å². The molecule has 2 rings (SSSR count). The Morgan fingerprint density at radius 3 is 2.50 bits per heavy atom. The van der Waals surface area contributed by atoms with Crippen LogP contribution in [0.25, 0.3) is 0 Å². The van der Waals surface area contributed by atoms with Gasteiger partial charge in [-0.15, -0.1) is 0 Å². The maximum atomic E-state index is 12.0. The lowest BCUT2D eigenvalue weighted by atomic mass is 10.1. The largest absolute Gasteiger partial charge is 0.493 e. The van der Waals surface area contributed by atoms with Crippen molar-refractivity contribution in [2.75, 3.05) is 19.0 Å². The van der Waals surface area contributed by atoms with Gasteiger partial charge in [-0.2, -0.15) is 0 Å². The Hall–Kier alpha value is -2.77. The highest BCUT2D eigenvalue weighted by Crippen LogP contribution is 2.47. The molecule has 0 bridgehead atoms. The summed E-state index contributed by atoms with van der Waals surface area (Å²) in [6.07, 6.45) is 0.630. The first-order valence-electron chi connectivity index (χ1n) is 6.53. The predicted octanol–water partition coefficient (Wildman–Crippen LogP) is 0.363. The van der Waals surface area contributed by atoms with Gasteiger partial charge in [-0.1, -0.05) is 0 Å². The summed E-state index contributed by atoms with van der Waals surface area (Å²) in [5.41, 5.74) is 4.02. The average molecular weight is 308 g/mol. The van der Waals surface area contributed by atoms with Crippen LogP contribution in [-0.2, 0) is 14.4 Å². The SMILES string of the molecule is COc1ccc(NC(=O)C2(C(=O)O)CC2)cc1OCC(N)=O. The second kappa shape index (κ2) is 5.92. The third kappa shape index (κ3) is 3.11. The third-order valence-electron chi connectivity index (χ3n) is 3.39. The zero-order chi connectivity index (χ0) is 16.3. The zero-order valence-electron chi connectivity index (χ0n) is 11.9. The fourth-order valence-electron chi connectivity index (χ4n) is 1.93. The Labute approximate surface area is 126 Å². The van der Waals surface area contributed by atoms with Crippen molar-refractivity contribution in [2.45, 2.75) is 12.8 Å². The number of carboxylic acid groups (broad SMARTS) is 1. The molecule has 0 spiro atoms. The number of carbonyl (C=O) groups excluding carboxylic acids is 2. The van der Waals surface area contributed by atoms with Crippen molar-refractivity contribution in [3.8, 4) is 11.5 Å². The summed E-state index contributed by atoms with van der Waals surface area (Å²) in [5.74, 6) is -1.79. The number of aliphatic carboxylic acids is 1. The quantitative estimate of drug-likeness (QED) is 0.624.